The van der Waals surface area contributed by atoms with Crippen molar-refractivity contribution in [1.29, 1.82) is 0 Å². The van der Waals surface area contributed by atoms with Gasteiger partial charge in [-0.05, 0) is 67.3 Å². The lowest BCUT2D eigenvalue weighted by Gasteiger charge is -2.26. The molecule has 0 aliphatic carbocycles. The summed E-state index contributed by atoms with van der Waals surface area (Å²) in [7, 11) is 0. The van der Waals surface area contributed by atoms with Crippen LogP contribution in [0.25, 0.3) is 11.0 Å². The number of ether oxygens (including phenoxy) is 2. The Morgan fingerprint density at radius 2 is 1.90 bits per heavy atom. The largest absolute Gasteiger partial charge is 0.490 e. The summed E-state index contributed by atoms with van der Waals surface area (Å²) in [4.78, 5) is 14.6. The van der Waals surface area contributed by atoms with Gasteiger partial charge in [-0.3, -0.25) is 4.90 Å². The van der Waals surface area contributed by atoms with Crippen LogP contribution in [0.4, 0.5) is 0 Å². The van der Waals surface area contributed by atoms with Crippen LogP contribution in [-0.2, 0) is 6.54 Å². The number of nitrogens with zero attached hydrogens (tertiary/aromatic N) is 1. The predicted molar refractivity (Wildman–Crippen MR) is 117 cm³/mol. The summed E-state index contributed by atoms with van der Waals surface area (Å²) in [5, 5.41) is 1.58. The van der Waals surface area contributed by atoms with Crippen LogP contribution in [0.15, 0.2) is 45.6 Å². The van der Waals surface area contributed by atoms with Crippen LogP contribution >= 0.6 is 11.6 Å². The smallest absolute Gasteiger partial charge is 0.336 e. The van der Waals surface area contributed by atoms with Gasteiger partial charge < -0.3 is 13.9 Å². The van der Waals surface area contributed by atoms with E-state index < -0.39 is 0 Å². The second kappa shape index (κ2) is 7.97. The molecule has 0 amide bonds. The summed E-state index contributed by atoms with van der Waals surface area (Å²) in [5.74, 6) is 1.64. The van der Waals surface area contributed by atoms with Gasteiger partial charge >= 0.3 is 5.63 Å². The van der Waals surface area contributed by atoms with Crippen LogP contribution in [0.5, 0.6) is 11.5 Å². The molecule has 0 spiro atoms. The zero-order valence-electron chi connectivity index (χ0n) is 16.9. The van der Waals surface area contributed by atoms with E-state index in [4.69, 9.17) is 25.5 Å². The monoisotopic (exact) mass is 425 g/mol. The van der Waals surface area contributed by atoms with E-state index in [0.717, 1.165) is 53.8 Å². The Bertz CT molecular complexity index is 1160. The minimum absolute atomic E-state index is 0.269. The first kappa shape index (κ1) is 19.5. The molecular formula is C24H24ClNO4. The molecule has 1 atom stereocenters. The van der Waals surface area contributed by atoms with E-state index in [0.29, 0.717) is 30.4 Å². The molecule has 0 bridgehead atoms. The first-order chi connectivity index (χ1) is 14.6. The van der Waals surface area contributed by atoms with Crippen molar-refractivity contribution in [1.82, 2.24) is 4.90 Å². The lowest BCUT2D eigenvalue weighted by molar-refractivity contribution is 0.248. The minimum Gasteiger partial charge on any atom is -0.490 e. The maximum Gasteiger partial charge on any atom is 0.336 e. The fraction of sp³-hybridized carbons (Fsp3) is 0.375. The molecule has 5 nitrogen and oxygen atoms in total. The number of fused-ring (bicyclic) bond motifs is 2. The van der Waals surface area contributed by atoms with Crippen molar-refractivity contribution in [2.24, 2.45) is 0 Å². The van der Waals surface area contributed by atoms with Crippen molar-refractivity contribution < 1.29 is 13.9 Å². The van der Waals surface area contributed by atoms with Crippen LogP contribution in [0.1, 0.15) is 42.0 Å². The third-order valence-corrected chi connectivity index (χ3v) is 6.41. The molecule has 2 aliphatic heterocycles. The molecule has 3 heterocycles. The van der Waals surface area contributed by atoms with Gasteiger partial charge in [0.1, 0.15) is 5.58 Å². The van der Waals surface area contributed by atoms with Gasteiger partial charge in [-0.15, -0.1) is 0 Å². The number of likely N-dealkylation sites (tertiary alicyclic amines) is 1. The fourth-order valence-electron chi connectivity index (χ4n) is 4.48. The molecule has 0 saturated carbocycles. The van der Waals surface area contributed by atoms with E-state index in [9.17, 15) is 4.79 Å². The second-order valence-corrected chi connectivity index (χ2v) is 8.48. The molecule has 0 N–H and O–H groups in total. The van der Waals surface area contributed by atoms with Gasteiger partial charge in [0.25, 0.3) is 0 Å². The van der Waals surface area contributed by atoms with Gasteiger partial charge in [0.2, 0.25) is 0 Å². The van der Waals surface area contributed by atoms with Gasteiger partial charge in [0.15, 0.2) is 11.5 Å². The van der Waals surface area contributed by atoms with E-state index in [-0.39, 0.29) is 11.7 Å². The van der Waals surface area contributed by atoms with Crippen molar-refractivity contribution >= 4 is 22.6 Å². The highest BCUT2D eigenvalue weighted by molar-refractivity contribution is 6.32. The number of halogens is 1. The molecule has 1 fully saturated rings. The Hall–Kier alpha value is -2.50. The van der Waals surface area contributed by atoms with Crippen LogP contribution < -0.4 is 15.1 Å². The van der Waals surface area contributed by atoms with Gasteiger partial charge in [-0.25, -0.2) is 4.79 Å². The minimum atomic E-state index is -0.328. The summed E-state index contributed by atoms with van der Waals surface area (Å²) < 4.78 is 17.1. The zero-order chi connectivity index (χ0) is 20.7. The zero-order valence-corrected chi connectivity index (χ0v) is 17.7. The number of rotatable bonds is 3. The average molecular weight is 426 g/mol. The molecule has 6 heteroatoms. The van der Waals surface area contributed by atoms with Crippen molar-refractivity contribution in [3.63, 3.8) is 0 Å². The maximum absolute atomic E-state index is 12.2. The normalized spacial score (nSPS) is 19.2. The number of hydrogen-bond donors (Lipinski definition) is 0. The van der Waals surface area contributed by atoms with E-state index in [1.54, 1.807) is 6.07 Å². The van der Waals surface area contributed by atoms with Gasteiger partial charge in [0, 0.05) is 35.5 Å². The number of hydrogen-bond acceptors (Lipinski definition) is 5. The quantitative estimate of drug-likeness (QED) is 0.536. The SMILES string of the molecule is Cc1cc2oc(=O)cc(CN3CCCC3c3ccc4c(c3)OCCCO4)c2cc1Cl. The maximum atomic E-state index is 12.2. The Morgan fingerprint density at radius 1 is 1.07 bits per heavy atom. The van der Waals surface area contributed by atoms with E-state index in [1.807, 2.05) is 25.1 Å². The van der Waals surface area contributed by atoms with Gasteiger partial charge in [-0.1, -0.05) is 17.7 Å². The molecule has 5 rings (SSSR count). The number of aryl methyl sites for hydroxylation is 1. The standard InChI is InChI=1S/C24H24ClNO4/c1-15-10-22-18(13-19(15)25)17(12-24(27)30-22)14-26-7-2-4-20(26)16-5-6-21-23(11-16)29-9-3-8-28-21/h5-6,10-13,20H,2-4,7-9,14H2,1H3. The third-order valence-electron chi connectivity index (χ3n) is 6.00. The summed E-state index contributed by atoms with van der Waals surface area (Å²) in [6, 6.07) is 11.9. The molecule has 2 aliphatic rings. The van der Waals surface area contributed by atoms with Crippen molar-refractivity contribution in [3.8, 4) is 11.5 Å². The second-order valence-electron chi connectivity index (χ2n) is 8.07. The summed E-state index contributed by atoms with van der Waals surface area (Å²) >= 11 is 6.36. The molecule has 30 heavy (non-hydrogen) atoms. The molecular weight excluding hydrogens is 402 g/mol. The van der Waals surface area contributed by atoms with Crippen molar-refractivity contribution in [2.45, 2.75) is 38.8 Å². The molecule has 1 saturated heterocycles. The molecule has 1 aromatic heterocycles. The molecule has 0 radical (unpaired) electrons. The average Bonchev–Trinajstić information content (AvgIpc) is 3.05. The highest BCUT2D eigenvalue weighted by Gasteiger charge is 2.28. The first-order valence-corrected chi connectivity index (χ1v) is 10.8. The first-order valence-electron chi connectivity index (χ1n) is 10.4. The van der Waals surface area contributed by atoms with Crippen LogP contribution in [0.3, 0.4) is 0 Å². The Labute approximate surface area is 180 Å². The summed E-state index contributed by atoms with van der Waals surface area (Å²) in [6.07, 6.45) is 3.07. The molecule has 3 aromatic rings. The third kappa shape index (κ3) is 3.68. The van der Waals surface area contributed by atoms with Crippen molar-refractivity contribution in [2.75, 3.05) is 19.8 Å². The molecule has 1 unspecified atom stereocenters. The Balaban J connectivity index is 1.47. The lowest BCUT2D eigenvalue weighted by atomic mass is 10.0. The summed E-state index contributed by atoms with van der Waals surface area (Å²) in [6.45, 7) is 4.92. The number of benzene rings is 2. The van der Waals surface area contributed by atoms with E-state index in [1.165, 1.54) is 5.56 Å². The summed E-state index contributed by atoms with van der Waals surface area (Å²) in [5.41, 5.74) is 3.33. The fourth-order valence-corrected chi connectivity index (χ4v) is 4.64. The topological polar surface area (TPSA) is 51.9 Å². The van der Waals surface area contributed by atoms with Gasteiger partial charge in [-0.2, -0.15) is 0 Å². The highest BCUT2D eigenvalue weighted by atomic mass is 35.5. The van der Waals surface area contributed by atoms with E-state index >= 15 is 0 Å². The lowest BCUT2D eigenvalue weighted by Crippen LogP contribution is -2.23. The molecule has 156 valence electrons. The van der Waals surface area contributed by atoms with Crippen LogP contribution in [0, 0.1) is 6.92 Å². The Morgan fingerprint density at radius 3 is 2.77 bits per heavy atom. The van der Waals surface area contributed by atoms with Gasteiger partial charge in [0.05, 0.1) is 13.2 Å². The molecule has 2 aromatic carbocycles. The van der Waals surface area contributed by atoms with Crippen LogP contribution in [0.2, 0.25) is 5.02 Å². The predicted octanol–water partition coefficient (Wildman–Crippen LogP) is 5.25. The van der Waals surface area contributed by atoms with Crippen LogP contribution in [-0.4, -0.2) is 24.7 Å². The van der Waals surface area contributed by atoms with E-state index in [2.05, 4.69) is 17.0 Å². The van der Waals surface area contributed by atoms with Crippen molar-refractivity contribution in [3.05, 3.63) is 68.5 Å². The Kier molecular flexibility index (Phi) is 5.17. The highest BCUT2D eigenvalue weighted by Crippen LogP contribution is 2.39.